The maximum atomic E-state index is 13.3. The van der Waals surface area contributed by atoms with Crippen molar-refractivity contribution in [3.8, 4) is 5.75 Å². The fourth-order valence-corrected chi connectivity index (χ4v) is 1.67. The van der Waals surface area contributed by atoms with E-state index < -0.39 is 0 Å². The van der Waals surface area contributed by atoms with Crippen molar-refractivity contribution in [2.45, 2.75) is 12.8 Å². The first-order valence-electron chi connectivity index (χ1n) is 3.89. The van der Waals surface area contributed by atoms with Gasteiger partial charge in [-0.15, -0.1) is 0 Å². The van der Waals surface area contributed by atoms with Crippen LogP contribution in [0.2, 0.25) is 0 Å². The summed E-state index contributed by atoms with van der Waals surface area (Å²) < 4.78 is 19.0. The summed E-state index contributed by atoms with van der Waals surface area (Å²) in [6.45, 7) is 0.625. The van der Waals surface area contributed by atoms with Crippen LogP contribution >= 0.6 is 15.9 Å². The molecule has 0 N–H and O–H groups in total. The molecule has 0 aliphatic carbocycles. The summed E-state index contributed by atoms with van der Waals surface area (Å²) in [6, 6.07) is 3.63. The Morgan fingerprint density at radius 2 is 2.25 bits per heavy atom. The van der Waals surface area contributed by atoms with Crippen molar-refractivity contribution in [2.75, 3.05) is 6.61 Å². The molecule has 1 aliphatic rings. The quantitative estimate of drug-likeness (QED) is 0.667. The molecule has 0 spiro atoms. The highest BCUT2D eigenvalue weighted by Gasteiger charge is 2.16. The molecule has 0 unspecified atom stereocenters. The fourth-order valence-electron chi connectivity index (χ4n) is 1.36. The van der Waals surface area contributed by atoms with Crippen molar-refractivity contribution >= 4 is 15.9 Å². The van der Waals surface area contributed by atoms with Gasteiger partial charge in [0.15, 0.2) is 11.6 Å². The minimum atomic E-state index is -0.271. The molecule has 2 rings (SSSR count). The van der Waals surface area contributed by atoms with Crippen molar-refractivity contribution in [3.05, 3.63) is 28.0 Å². The molecule has 1 aromatic carbocycles. The molecule has 1 aromatic rings. The average Bonchev–Trinajstić information content (AvgIpc) is 2.12. The van der Waals surface area contributed by atoms with Crippen LogP contribution in [0, 0.1) is 5.82 Å². The van der Waals surface area contributed by atoms with Crippen molar-refractivity contribution < 1.29 is 9.13 Å². The molecule has 0 radical (unpaired) electrons. The van der Waals surface area contributed by atoms with E-state index in [0.717, 1.165) is 18.4 Å². The van der Waals surface area contributed by atoms with Crippen LogP contribution < -0.4 is 4.74 Å². The van der Waals surface area contributed by atoms with Gasteiger partial charge in [-0.05, 0) is 40.4 Å². The van der Waals surface area contributed by atoms with E-state index in [0.29, 0.717) is 16.8 Å². The van der Waals surface area contributed by atoms with Gasteiger partial charge in [0.2, 0.25) is 0 Å². The van der Waals surface area contributed by atoms with Crippen LogP contribution in [-0.4, -0.2) is 6.61 Å². The summed E-state index contributed by atoms with van der Waals surface area (Å²) in [5.74, 6) is 0.155. The molecule has 0 saturated carbocycles. The topological polar surface area (TPSA) is 9.23 Å². The van der Waals surface area contributed by atoms with Gasteiger partial charge >= 0.3 is 0 Å². The zero-order valence-electron chi connectivity index (χ0n) is 6.44. The maximum Gasteiger partial charge on any atom is 0.179 e. The molecule has 64 valence electrons. The molecule has 12 heavy (non-hydrogen) atoms. The van der Waals surface area contributed by atoms with E-state index in [-0.39, 0.29) is 5.82 Å². The van der Waals surface area contributed by atoms with E-state index in [1.807, 2.05) is 6.07 Å². The number of hydrogen-bond acceptors (Lipinski definition) is 1. The Balaban J connectivity index is 2.54. The molecule has 0 aromatic heterocycles. The van der Waals surface area contributed by atoms with Gasteiger partial charge in [-0.25, -0.2) is 4.39 Å². The second-order valence-corrected chi connectivity index (χ2v) is 3.66. The summed E-state index contributed by atoms with van der Waals surface area (Å²) >= 11 is 3.12. The Kier molecular flexibility index (Phi) is 2.05. The number of benzene rings is 1. The highest BCUT2D eigenvalue weighted by atomic mass is 79.9. The molecule has 0 bridgehead atoms. The summed E-state index contributed by atoms with van der Waals surface area (Å²) in [7, 11) is 0. The number of fused-ring (bicyclic) bond motifs is 1. The van der Waals surface area contributed by atoms with E-state index in [9.17, 15) is 4.39 Å². The highest BCUT2D eigenvalue weighted by molar-refractivity contribution is 9.10. The lowest BCUT2D eigenvalue weighted by atomic mass is 10.1. The molecule has 1 nitrogen and oxygen atoms in total. The number of aryl methyl sites for hydroxylation is 1. The third kappa shape index (κ3) is 1.22. The largest absolute Gasteiger partial charge is 0.490 e. The molecular weight excluding hydrogens is 223 g/mol. The van der Waals surface area contributed by atoms with Gasteiger partial charge in [-0.1, -0.05) is 6.07 Å². The van der Waals surface area contributed by atoms with Gasteiger partial charge in [-0.3, -0.25) is 0 Å². The van der Waals surface area contributed by atoms with Crippen LogP contribution in [0.4, 0.5) is 4.39 Å². The number of rotatable bonds is 0. The molecule has 1 aliphatic heterocycles. The third-order valence-electron chi connectivity index (χ3n) is 1.97. The van der Waals surface area contributed by atoms with Crippen LogP contribution in [0.3, 0.4) is 0 Å². The van der Waals surface area contributed by atoms with E-state index in [1.54, 1.807) is 6.07 Å². The first kappa shape index (κ1) is 8.05. The van der Waals surface area contributed by atoms with Gasteiger partial charge in [0.25, 0.3) is 0 Å². The van der Waals surface area contributed by atoms with Crippen LogP contribution in [0.5, 0.6) is 5.75 Å². The molecule has 0 atom stereocenters. The first-order chi connectivity index (χ1) is 5.79. The summed E-state index contributed by atoms with van der Waals surface area (Å²) in [5, 5.41) is 0. The maximum absolute atomic E-state index is 13.3. The van der Waals surface area contributed by atoms with Crippen LogP contribution in [0.1, 0.15) is 12.0 Å². The predicted molar refractivity (Wildman–Crippen MR) is 47.9 cm³/mol. The Morgan fingerprint density at radius 1 is 1.42 bits per heavy atom. The summed E-state index contributed by atoms with van der Waals surface area (Å²) in [4.78, 5) is 0. The van der Waals surface area contributed by atoms with E-state index in [4.69, 9.17) is 4.74 Å². The Hall–Kier alpha value is -0.570. The minimum absolute atomic E-state index is 0.271. The van der Waals surface area contributed by atoms with Crippen molar-refractivity contribution in [1.29, 1.82) is 0 Å². The lowest BCUT2D eigenvalue weighted by Crippen LogP contribution is -2.09. The first-order valence-corrected chi connectivity index (χ1v) is 4.68. The smallest absolute Gasteiger partial charge is 0.179 e. The lowest BCUT2D eigenvalue weighted by molar-refractivity contribution is 0.272. The van der Waals surface area contributed by atoms with Crippen molar-refractivity contribution in [3.63, 3.8) is 0 Å². The van der Waals surface area contributed by atoms with Crippen LogP contribution in [-0.2, 0) is 6.42 Å². The van der Waals surface area contributed by atoms with Gasteiger partial charge in [0.05, 0.1) is 11.1 Å². The Labute approximate surface area is 78.7 Å². The predicted octanol–water partition coefficient (Wildman–Crippen LogP) is 2.91. The molecule has 0 fully saturated rings. The Morgan fingerprint density at radius 3 is 3.08 bits per heavy atom. The second-order valence-electron chi connectivity index (χ2n) is 2.80. The van der Waals surface area contributed by atoms with Crippen LogP contribution in [0.15, 0.2) is 16.6 Å². The van der Waals surface area contributed by atoms with E-state index in [1.165, 1.54) is 0 Å². The zero-order valence-corrected chi connectivity index (χ0v) is 8.03. The SMILES string of the molecule is Fc1c(Br)ccc2c1OCCC2. The Bertz CT molecular complexity index is 312. The average molecular weight is 231 g/mol. The number of ether oxygens (including phenoxy) is 1. The highest BCUT2D eigenvalue weighted by Crippen LogP contribution is 2.32. The minimum Gasteiger partial charge on any atom is -0.490 e. The molecular formula is C9H8BrFO. The van der Waals surface area contributed by atoms with Gasteiger partial charge in [0.1, 0.15) is 0 Å². The summed E-state index contributed by atoms with van der Waals surface area (Å²) in [5.41, 5.74) is 0.974. The van der Waals surface area contributed by atoms with Crippen molar-refractivity contribution in [2.24, 2.45) is 0 Å². The number of hydrogen-bond donors (Lipinski definition) is 0. The van der Waals surface area contributed by atoms with Gasteiger partial charge < -0.3 is 4.74 Å². The van der Waals surface area contributed by atoms with Gasteiger partial charge in [-0.2, -0.15) is 0 Å². The normalized spacial score (nSPS) is 15.2. The molecule has 0 amide bonds. The molecule has 1 heterocycles. The van der Waals surface area contributed by atoms with E-state index in [2.05, 4.69) is 15.9 Å². The zero-order chi connectivity index (χ0) is 8.55. The second kappa shape index (κ2) is 3.05. The monoisotopic (exact) mass is 230 g/mol. The third-order valence-corrected chi connectivity index (χ3v) is 2.58. The standard InChI is InChI=1S/C9H8BrFO/c10-7-4-3-6-2-1-5-12-9(6)8(7)11/h3-4H,1-2,5H2. The fraction of sp³-hybridized carbons (Fsp3) is 0.333. The van der Waals surface area contributed by atoms with Crippen LogP contribution in [0.25, 0.3) is 0 Å². The van der Waals surface area contributed by atoms with Gasteiger partial charge in [0, 0.05) is 0 Å². The summed E-state index contributed by atoms with van der Waals surface area (Å²) in [6.07, 6.45) is 1.90. The van der Waals surface area contributed by atoms with Crippen molar-refractivity contribution in [1.82, 2.24) is 0 Å². The van der Waals surface area contributed by atoms with E-state index >= 15 is 0 Å². The molecule has 0 saturated heterocycles. The lowest BCUT2D eigenvalue weighted by Gasteiger charge is -2.17. The number of halogens is 2. The molecule has 3 heteroatoms.